The Labute approximate surface area is 354 Å². The summed E-state index contributed by atoms with van der Waals surface area (Å²) in [7, 11) is 0. The highest BCUT2D eigenvalue weighted by molar-refractivity contribution is 5.82. The Kier molecular flexibility index (Phi) is 18.9. The first kappa shape index (κ1) is 48.2. The monoisotopic (exact) mass is 791 g/mol. The summed E-state index contributed by atoms with van der Waals surface area (Å²) in [6, 6.07) is 0. The van der Waals surface area contributed by atoms with Gasteiger partial charge in [0.15, 0.2) is 0 Å². The van der Waals surface area contributed by atoms with E-state index < -0.39 is 5.66 Å². The molecular weight excluding hydrogens is 697 g/mol. The fraction of sp³-hybridized carbons (Fsp3) is 0.904. The number of hydrogen-bond acceptors (Lipinski definition) is 4. The summed E-state index contributed by atoms with van der Waals surface area (Å²) in [5.41, 5.74) is 0.205. The van der Waals surface area contributed by atoms with E-state index in [4.69, 9.17) is 9.98 Å². The summed E-state index contributed by atoms with van der Waals surface area (Å²) in [6.45, 7) is 24.9. The molecule has 1 amide bonds. The predicted molar refractivity (Wildman–Crippen MR) is 249 cm³/mol. The molecule has 5 heteroatoms. The maximum Gasteiger partial charge on any atom is 0.222 e. The molecule has 3 fully saturated rings. The molecule has 2 aliphatic carbocycles. The van der Waals surface area contributed by atoms with E-state index in [-0.39, 0.29) is 16.9 Å². The average Bonchev–Trinajstić information content (AvgIpc) is 3.16. The van der Waals surface area contributed by atoms with Crippen LogP contribution in [0.3, 0.4) is 0 Å². The van der Waals surface area contributed by atoms with Crippen LogP contribution in [0.25, 0.3) is 0 Å². The van der Waals surface area contributed by atoms with Crippen molar-refractivity contribution in [3.05, 3.63) is 12.2 Å². The first-order chi connectivity index (χ1) is 27.1. The lowest BCUT2D eigenvalue weighted by Crippen LogP contribution is -2.48. The number of piperidine rings is 1. The van der Waals surface area contributed by atoms with Crippen LogP contribution < -0.4 is 5.32 Å². The zero-order valence-electron chi connectivity index (χ0n) is 39.4. The van der Waals surface area contributed by atoms with Crippen LogP contribution in [0.1, 0.15) is 236 Å². The van der Waals surface area contributed by atoms with E-state index in [9.17, 15) is 4.79 Å². The fourth-order valence-electron chi connectivity index (χ4n) is 11.9. The van der Waals surface area contributed by atoms with Gasteiger partial charge in [0.05, 0.1) is 5.54 Å². The third-order valence-electron chi connectivity index (χ3n) is 16.6. The molecule has 0 radical (unpaired) electrons. The molecule has 1 N–H and O–H groups in total. The van der Waals surface area contributed by atoms with E-state index in [1.54, 1.807) is 0 Å². The van der Waals surface area contributed by atoms with Crippen LogP contribution in [-0.2, 0) is 4.79 Å². The van der Waals surface area contributed by atoms with Crippen molar-refractivity contribution < 1.29 is 4.79 Å². The zero-order valence-corrected chi connectivity index (χ0v) is 39.4. The van der Waals surface area contributed by atoms with Gasteiger partial charge in [0.25, 0.3) is 0 Å². The lowest BCUT2D eigenvalue weighted by atomic mass is 9.51. The Morgan fingerprint density at radius 3 is 1.54 bits per heavy atom. The standard InChI is InChI=1S/C52H94N4O/c1-44(2)50(8)42-54-51(9,33-28-38-53-50)55-46(57)41-47(5)36-39-56(40-37-47)43-48(6)29-22-18-17-19-23-31-49(7,32-27-26-30-48)52(45(3)4)34-24-20-15-13-11-10-12-14-16-21-25-35-52/h28,33,38,42,44-45H,10-27,29-32,34-37,39-41,43H2,1-9H3,(H,55,57). The second-order valence-corrected chi connectivity index (χ2v) is 22.3. The second kappa shape index (κ2) is 22.4. The van der Waals surface area contributed by atoms with Crippen molar-refractivity contribution in [2.75, 3.05) is 19.6 Å². The maximum absolute atomic E-state index is 13.6. The van der Waals surface area contributed by atoms with Gasteiger partial charge in [0.2, 0.25) is 5.91 Å². The van der Waals surface area contributed by atoms with Gasteiger partial charge in [-0.15, -0.1) is 0 Å². The number of nitrogens with zero attached hydrogens (tertiary/aromatic N) is 3. The van der Waals surface area contributed by atoms with E-state index in [0.717, 1.165) is 31.8 Å². The first-order valence-corrected chi connectivity index (χ1v) is 24.9. The van der Waals surface area contributed by atoms with Gasteiger partial charge in [-0.05, 0) is 124 Å². The SMILES string of the molecule is CC(C)C1(C)C=NC(C)(NC(=O)CC2(C)CCN(CC3(C)CCCCCCCC(C)(C4(C(C)C)CCCCCCCCCCCCC4)CCCC3)CC2)C=CC=N1. The molecule has 1 saturated heterocycles. The number of carbonyl (C=O) groups excluding carboxylic acids is 1. The molecule has 57 heavy (non-hydrogen) atoms. The zero-order chi connectivity index (χ0) is 41.5. The van der Waals surface area contributed by atoms with Gasteiger partial charge in [0.1, 0.15) is 5.66 Å². The van der Waals surface area contributed by atoms with Crippen molar-refractivity contribution in [2.24, 2.45) is 43.5 Å². The molecule has 4 aliphatic rings. The van der Waals surface area contributed by atoms with Crippen LogP contribution in [0.15, 0.2) is 22.1 Å². The number of aliphatic imine (C=N–C) groups is 2. The molecule has 2 aliphatic heterocycles. The first-order valence-electron chi connectivity index (χ1n) is 24.9. The Morgan fingerprint density at radius 2 is 1.04 bits per heavy atom. The van der Waals surface area contributed by atoms with Gasteiger partial charge in [-0.2, -0.15) is 0 Å². The van der Waals surface area contributed by atoms with Crippen LogP contribution in [0.2, 0.25) is 0 Å². The van der Waals surface area contributed by atoms with E-state index >= 15 is 0 Å². The van der Waals surface area contributed by atoms with Crippen LogP contribution in [-0.4, -0.2) is 54.1 Å². The molecule has 4 unspecified atom stereocenters. The van der Waals surface area contributed by atoms with E-state index in [1.807, 2.05) is 31.5 Å². The predicted octanol–water partition coefficient (Wildman–Crippen LogP) is 14.5. The smallest absolute Gasteiger partial charge is 0.222 e. The third kappa shape index (κ3) is 14.6. The van der Waals surface area contributed by atoms with Gasteiger partial charge in [-0.3, -0.25) is 14.8 Å². The number of allylic oxidation sites excluding steroid dienone is 1. The Morgan fingerprint density at radius 1 is 0.579 bits per heavy atom. The minimum atomic E-state index is -0.753. The molecule has 2 saturated carbocycles. The molecule has 0 aromatic rings. The van der Waals surface area contributed by atoms with Gasteiger partial charge in [-0.25, -0.2) is 0 Å². The van der Waals surface area contributed by atoms with Crippen molar-refractivity contribution in [1.29, 1.82) is 0 Å². The van der Waals surface area contributed by atoms with Crippen molar-refractivity contribution in [3.63, 3.8) is 0 Å². The van der Waals surface area contributed by atoms with E-state index in [0.29, 0.717) is 28.6 Å². The van der Waals surface area contributed by atoms with Crippen LogP contribution in [0, 0.1) is 33.5 Å². The maximum atomic E-state index is 13.6. The summed E-state index contributed by atoms with van der Waals surface area (Å²) in [5.74, 6) is 1.19. The molecule has 4 rings (SSSR count). The molecule has 2 heterocycles. The highest BCUT2D eigenvalue weighted by atomic mass is 16.1. The van der Waals surface area contributed by atoms with Crippen molar-refractivity contribution >= 4 is 18.3 Å². The second-order valence-electron chi connectivity index (χ2n) is 22.3. The Bertz CT molecular complexity index is 1260. The minimum Gasteiger partial charge on any atom is -0.329 e. The number of hydrogen-bond donors (Lipinski definition) is 1. The van der Waals surface area contributed by atoms with Crippen LogP contribution in [0.4, 0.5) is 0 Å². The third-order valence-corrected chi connectivity index (χ3v) is 16.6. The molecule has 0 bridgehead atoms. The number of rotatable bonds is 8. The molecule has 5 nitrogen and oxygen atoms in total. The number of nitrogens with one attached hydrogen (secondary N) is 1. The summed E-state index contributed by atoms with van der Waals surface area (Å²) >= 11 is 0. The quantitative estimate of drug-likeness (QED) is 0.266. The molecule has 328 valence electrons. The number of carbonyl (C=O) groups is 1. The Balaban J connectivity index is 1.36. The van der Waals surface area contributed by atoms with Gasteiger partial charge in [-0.1, -0.05) is 164 Å². The highest BCUT2D eigenvalue weighted by Crippen LogP contribution is 2.58. The van der Waals surface area contributed by atoms with Crippen molar-refractivity contribution in [1.82, 2.24) is 10.2 Å². The largest absolute Gasteiger partial charge is 0.329 e. The molecular formula is C52H94N4O. The van der Waals surface area contributed by atoms with Gasteiger partial charge >= 0.3 is 0 Å². The molecule has 0 spiro atoms. The lowest BCUT2D eigenvalue weighted by Gasteiger charge is -2.53. The summed E-state index contributed by atoms with van der Waals surface area (Å²) in [5, 5.41) is 3.29. The molecule has 0 aromatic heterocycles. The number of amides is 1. The topological polar surface area (TPSA) is 57.1 Å². The Hall–Kier alpha value is -1.49. The van der Waals surface area contributed by atoms with Crippen LogP contribution >= 0.6 is 0 Å². The van der Waals surface area contributed by atoms with Crippen molar-refractivity contribution in [3.8, 4) is 0 Å². The highest BCUT2D eigenvalue weighted by Gasteiger charge is 2.48. The van der Waals surface area contributed by atoms with Crippen molar-refractivity contribution in [2.45, 2.75) is 247 Å². The van der Waals surface area contributed by atoms with E-state index in [1.165, 1.54) is 161 Å². The van der Waals surface area contributed by atoms with E-state index in [2.05, 4.69) is 65.6 Å². The summed E-state index contributed by atoms with van der Waals surface area (Å²) in [6.07, 6.45) is 44.8. The minimum absolute atomic E-state index is 0.0222. The summed E-state index contributed by atoms with van der Waals surface area (Å²) in [4.78, 5) is 26.0. The van der Waals surface area contributed by atoms with Gasteiger partial charge in [0, 0.05) is 25.4 Å². The fourth-order valence-corrected chi connectivity index (χ4v) is 11.9. The average molecular weight is 791 g/mol. The van der Waals surface area contributed by atoms with Gasteiger partial charge < -0.3 is 10.2 Å². The summed E-state index contributed by atoms with van der Waals surface area (Å²) < 4.78 is 0. The lowest BCUT2D eigenvalue weighted by molar-refractivity contribution is -0.125. The van der Waals surface area contributed by atoms with Crippen LogP contribution in [0.5, 0.6) is 0 Å². The molecule has 0 aromatic carbocycles. The normalized spacial score (nSPS) is 33.6. The molecule has 4 atom stereocenters. The number of likely N-dealkylation sites (tertiary alicyclic amines) is 1.